The van der Waals surface area contributed by atoms with E-state index in [9.17, 15) is 14.9 Å². The summed E-state index contributed by atoms with van der Waals surface area (Å²) in [5.74, 6) is -0.444. The number of nitro benzene ring substituents is 1. The molecular weight excluding hydrogens is 212 g/mol. The van der Waals surface area contributed by atoms with Crippen LogP contribution in [0.5, 0.6) is 0 Å². The zero-order chi connectivity index (χ0) is 12.1. The predicted molar refractivity (Wildman–Crippen MR) is 56.2 cm³/mol. The number of nitrogens with zero attached hydrogens (tertiary/aromatic N) is 4. The van der Waals surface area contributed by atoms with Crippen molar-refractivity contribution in [2.75, 3.05) is 6.54 Å². The van der Waals surface area contributed by atoms with Crippen molar-refractivity contribution < 1.29 is 9.72 Å². The fourth-order valence-electron chi connectivity index (χ4n) is 1.17. The molecule has 0 amide bonds. The van der Waals surface area contributed by atoms with Gasteiger partial charge in [0.15, 0.2) is 5.78 Å². The monoisotopic (exact) mass is 220 g/mol. The van der Waals surface area contributed by atoms with Crippen molar-refractivity contribution in [2.24, 2.45) is 5.11 Å². The predicted octanol–water partition coefficient (Wildman–Crippen LogP) is 2.40. The van der Waals surface area contributed by atoms with Crippen LogP contribution in [-0.4, -0.2) is 17.3 Å². The Morgan fingerprint density at radius 3 is 2.88 bits per heavy atom. The highest BCUT2D eigenvalue weighted by Gasteiger charge is 2.14. The molecule has 0 N–H and O–H groups in total. The first-order valence-electron chi connectivity index (χ1n) is 4.35. The van der Waals surface area contributed by atoms with E-state index in [1.807, 2.05) is 0 Å². The number of benzene rings is 1. The lowest BCUT2D eigenvalue weighted by atomic mass is 10.1. The zero-order valence-corrected chi connectivity index (χ0v) is 8.45. The van der Waals surface area contributed by atoms with E-state index in [0.717, 1.165) is 0 Å². The summed E-state index contributed by atoms with van der Waals surface area (Å²) in [7, 11) is 0. The van der Waals surface area contributed by atoms with Crippen molar-refractivity contribution in [3.05, 3.63) is 49.9 Å². The Bertz CT molecular complexity index is 492. The van der Waals surface area contributed by atoms with Crippen molar-refractivity contribution in [1.29, 1.82) is 0 Å². The Morgan fingerprint density at radius 1 is 1.62 bits per heavy atom. The smallest absolute Gasteiger partial charge is 0.273 e. The van der Waals surface area contributed by atoms with Gasteiger partial charge in [-0.2, -0.15) is 0 Å². The van der Waals surface area contributed by atoms with E-state index in [4.69, 9.17) is 5.53 Å². The topological polar surface area (TPSA) is 109 Å². The van der Waals surface area contributed by atoms with E-state index in [0.29, 0.717) is 5.56 Å². The fraction of sp³-hybridized carbons (Fsp3) is 0.222. The van der Waals surface area contributed by atoms with E-state index < -0.39 is 10.7 Å². The average Bonchev–Trinajstić information content (AvgIpc) is 2.26. The lowest BCUT2D eigenvalue weighted by molar-refractivity contribution is -0.385. The highest BCUT2D eigenvalue weighted by molar-refractivity contribution is 5.98. The van der Waals surface area contributed by atoms with Gasteiger partial charge in [-0.15, -0.1) is 0 Å². The number of carbonyl (C=O) groups is 1. The van der Waals surface area contributed by atoms with Crippen LogP contribution in [0.2, 0.25) is 0 Å². The maximum atomic E-state index is 11.4. The van der Waals surface area contributed by atoms with E-state index in [1.165, 1.54) is 18.2 Å². The van der Waals surface area contributed by atoms with Gasteiger partial charge < -0.3 is 0 Å². The number of aryl methyl sites for hydroxylation is 1. The summed E-state index contributed by atoms with van der Waals surface area (Å²) < 4.78 is 0. The molecule has 0 aliphatic rings. The minimum absolute atomic E-state index is 0.119. The molecule has 0 saturated carbocycles. The third kappa shape index (κ3) is 2.55. The summed E-state index contributed by atoms with van der Waals surface area (Å²) in [6.45, 7) is 1.25. The molecule has 0 aliphatic carbocycles. The molecule has 7 nitrogen and oxygen atoms in total. The minimum Gasteiger partial charge on any atom is -0.294 e. The molecule has 7 heteroatoms. The maximum absolute atomic E-state index is 11.4. The summed E-state index contributed by atoms with van der Waals surface area (Å²) in [5, 5.41) is 13.7. The summed E-state index contributed by atoms with van der Waals surface area (Å²) in [6.07, 6.45) is 0. The van der Waals surface area contributed by atoms with Crippen molar-refractivity contribution >= 4 is 11.5 Å². The van der Waals surface area contributed by atoms with Crippen LogP contribution in [0.4, 0.5) is 5.69 Å². The molecular formula is C9H8N4O3. The Hall–Kier alpha value is -2.40. The van der Waals surface area contributed by atoms with Crippen LogP contribution in [0.25, 0.3) is 10.4 Å². The summed E-state index contributed by atoms with van der Waals surface area (Å²) in [6, 6.07) is 4.14. The molecule has 0 spiro atoms. The van der Waals surface area contributed by atoms with Gasteiger partial charge in [-0.1, -0.05) is 17.2 Å². The van der Waals surface area contributed by atoms with Gasteiger partial charge in [0.2, 0.25) is 0 Å². The Labute approximate surface area is 90.5 Å². The number of azide groups is 1. The Balaban J connectivity index is 3.07. The van der Waals surface area contributed by atoms with E-state index in [2.05, 4.69) is 10.0 Å². The lowest BCUT2D eigenvalue weighted by Gasteiger charge is -2.00. The number of rotatable bonds is 4. The molecule has 1 aromatic carbocycles. The number of hydrogen-bond donors (Lipinski definition) is 0. The van der Waals surface area contributed by atoms with Gasteiger partial charge in [-0.3, -0.25) is 14.9 Å². The molecule has 0 saturated heterocycles. The molecule has 0 aliphatic heterocycles. The molecule has 1 rings (SSSR count). The summed E-state index contributed by atoms with van der Waals surface area (Å²) in [5.41, 5.74) is 8.58. The Kier molecular flexibility index (Phi) is 3.58. The largest absolute Gasteiger partial charge is 0.294 e. The maximum Gasteiger partial charge on any atom is 0.273 e. The van der Waals surface area contributed by atoms with Gasteiger partial charge in [-0.25, -0.2) is 0 Å². The van der Waals surface area contributed by atoms with Crippen molar-refractivity contribution in [3.8, 4) is 0 Å². The van der Waals surface area contributed by atoms with Crippen LogP contribution in [0.3, 0.4) is 0 Å². The molecule has 0 bridgehead atoms. The second kappa shape index (κ2) is 4.90. The molecule has 0 radical (unpaired) electrons. The normalized spacial score (nSPS) is 9.31. The molecule has 1 aromatic rings. The molecule has 0 unspecified atom stereocenters. The SMILES string of the molecule is Cc1ccc(C(=O)CN=[N+]=[N-])cc1[N+](=O)[O-]. The molecule has 0 atom stereocenters. The molecule has 0 fully saturated rings. The minimum atomic E-state index is -0.556. The van der Waals surface area contributed by atoms with Crippen molar-refractivity contribution in [1.82, 2.24) is 0 Å². The van der Waals surface area contributed by atoms with E-state index in [-0.39, 0.29) is 17.8 Å². The first-order chi connectivity index (χ1) is 7.56. The molecule has 0 heterocycles. The first kappa shape index (κ1) is 11.7. The summed E-state index contributed by atoms with van der Waals surface area (Å²) >= 11 is 0. The molecule has 82 valence electrons. The van der Waals surface area contributed by atoms with Gasteiger partial charge in [0, 0.05) is 22.1 Å². The van der Waals surface area contributed by atoms with Crippen LogP contribution in [-0.2, 0) is 0 Å². The molecule has 0 aromatic heterocycles. The Morgan fingerprint density at radius 2 is 2.31 bits per heavy atom. The quantitative estimate of drug-likeness (QED) is 0.194. The van der Waals surface area contributed by atoms with Crippen LogP contribution in [0.1, 0.15) is 15.9 Å². The van der Waals surface area contributed by atoms with Gasteiger partial charge in [-0.05, 0) is 12.5 Å². The number of hydrogen-bond acceptors (Lipinski definition) is 4. The number of Topliss-reactive ketones (excluding diaryl/α,β-unsaturated/α-hetero) is 1. The van der Waals surface area contributed by atoms with Crippen molar-refractivity contribution in [3.63, 3.8) is 0 Å². The number of carbonyl (C=O) groups excluding carboxylic acids is 1. The number of nitro groups is 1. The van der Waals surface area contributed by atoms with Gasteiger partial charge in [0.1, 0.15) is 0 Å². The third-order valence-electron chi connectivity index (χ3n) is 2.01. The van der Waals surface area contributed by atoms with E-state index in [1.54, 1.807) is 6.92 Å². The second-order valence-corrected chi connectivity index (χ2v) is 3.07. The second-order valence-electron chi connectivity index (χ2n) is 3.07. The highest BCUT2D eigenvalue weighted by Crippen LogP contribution is 2.19. The van der Waals surface area contributed by atoms with Crippen LogP contribution in [0, 0.1) is 17.0 Å². The third-order valence-corrected chi connectivity index (χ3v) is 2.01. The van der Waals surface area contributed by atoms with Crippen LogP contribution < -0.4 is 0 Å². The van der Waals surface area contributed by atoms with Crippen molar-refractivity contribution in [2.45, 2.75) is 6.92 Å². The van der Waals surface area contributed by atoms with Crippen LogP contribution >= 0.6 is 0 Å². The standard InChI is InChI=1S/C9H8N4O3/c1-6-2-3-7(4-8(6)13(15)16)9(14)5-11-12-10/h2-4H,5H2,1H3. The fourth-order valence-corrected chi connectivity index (χ4v) is 1.17. The highest BCUT2D eigenvalue weighted by atomic mass is 16.6. The zero-order valence-electron chi connectivity index (χ0n) is 8.45. The number of ketones is 1. The van der Waals surface area contributed by atoms with Gasteiger partial charge >= 0.3 is 0 Å². The molecule has 16 heavy (non-hydrogen) atoms. The first-order valence-corrected chi connectivity index (χ1v) is 4.35. The van der Waals surface area contributed by atoms with Gasteiger partial charge in [0.05, 0.1) is 11.5 Å². The average molecular weight is 220 g/mol. The van der Waals surface area contributed by atoms with Gasteiger partial charge in [0.25, 0.3) is 5.69 Å². The van der Waals surface area contributed by atoms with E-state index >= 15 is 0 Å². The summed E-state index contributed by atoms with van der Waals surface area (Å²) in [4.78, 5) is 23.9. The van der Waals surface area contributed by atoms with Crippen LogP contribution in [0.15, 0.2) is 23.3 Å². The lowest BCUT2D eigenvalue weighted by Crippen LogP contribution is -2.04.